The number of piperazine rings is 1. The molecule has 1 aliphatic rings. The van der Waals surface area contributed by atoms with Gasteiger partial charge < -0.3 is 10.6 Å². The Morgan fingerprint density at radius 3 is 2.53 bits per heavy atom. The molecule has 0 bridgehead atoms. The van der Waals surface area contributed by atoms with Crippen LogP contribution >= 0.6 is 0 Å². The molecule has 3 aromatic rings. The smallest absolute Gasteiger partial charge is 0.399 e. The minimum Gasteiger partial charge on any atom is -0.399 e. The van der Waals surface area contributed by atoms with Crippen LogP contribution in [0.3, 0.4) is 0 Å². The summed E-state index contributed by atoms with van der Waals surface area (Å²) >= 11 is 0. The van der Waals surface area contributed by atoms with E-state index in [2.05, 4.69) is 27.0 Å². The Morgan fingerprint density at radius 2 is 1.90 bits per heavy atom. The molecule has 0 unspecified atom stereocenters. The number of hydrogen-bond donors (Lipinski definition) is 2. The highest BCUT2D eigenvalue weighted by molar-refractivity contribution is 5.64. The van der Waals surface area contributed by atoms with E-state index in [1.165, 1.54) is 6.07 Å². The summed E-state index contributed by atoms with van der Waals surface area (Å²) in [6.45, 7) is 5.03. The Kier molecular flexibility index (Phi) is 5.38. The number of anilines is 2. The Balaban J connectivity index is 1.42. The van der Waals surface area contributed by atoms with Gasteiger partial charge in [0.25, 0.3) is 0 Å². The molecule has 0 radical (unpaired) electrons. The van der Waals surface area contributed by atoms with Crippen molar-refractivity contribution in [1.29, 1.82) is 0 Å². The number of nitrogens with zero attached hydrogens (tertiary/aromatic N) is 4. The predicted molar refractivity (Wildman–Crippen MR) is 110 cm³/mol. The molecule has 0 spiro atoms. The number of H-pyrrole nitrogens is 1. The average molecular weight is 416 g/mol. The van der Waals surface area contributed by atoms with Crippen molar-refractivity contribution in [3.05, 3.63) is 59.9 Å². The minimum absolute atomic E-state index is 0.120. The Bertz CT molecular complexity index is 981. The van der Waals surface area contributed by atoms with E-state index in [4.69, 9.17) is 5.73 Å². The van der Waals surface area contributed by atoms with Gasteiger partial charge in [-0.3, -0.25) is 10.00 Å². The molecule has 1 fully saturated rings. The second kappa shape index (κ2) is 7.98. The predicted octanol–water partition coefficient (Wildman–Crippen LogP) is 3.78. The average Bonchev–Trinajstić information content (AvgIpc) is 3.16. The summed E-state index contributed by atoms with van der Waals surface area (Å²) in [5, 5.41) is 7.33. The number of nitrogens with two attached hydrogens (primary N) is 1. The Hall–Kier alpha value is -3.07. The number of aromatic nitrogens is 3. The van der Waals surface area contributed by atoms with Crippen LogP contribution < -0.4 is 10.6 Å². The van der Waals surface area contributed by atoms with Gasteiger partial charge in [0.1, 0.15) is 5.82 Å². The van der Waals surface area contributed by atoms with Crippen LogP contribution in [0.1, 0.15) is 18.1 Å². The zero-order valence-corrected chi connectivity index (χ0v) is 16.5. The summed E-state index contributed by atoms with van der Waals surface area (Å²) in [6, 6.07) is 10.3. The quantitative estimate of drug-likeness (QED) is 0.633. The van der Waals surface area contributed by atoms with Crippen LogP contribution in [0.4, 0.5) is 24.7 Å². The Labute approximate surface area is 172 Å². The van der Waals surface area contributed by atoms with Gasteiger partial charge in [0, 0.05) is 61.4 Å². The van der Waals surface area contributed by atoms with Gasteiger partial charge in [0.05, 0.1) is 11.3 Å². The van der Waals surface area contributed by atoms with Crippen molar-refractivity contribution in [2.24, 2.45) is 0 Å². The summed E-state index contributed by atoms with van der Waals surface area (Å²) < 4.78 is 38.3. The van der Waals surface area contributed by atoms with Crippen LogP contribution in [0, 0.1) is 0 Å². The van der Waals surface area contributed by atoms with Crippen LogP contribution in [0.15, 0.2) is 48.8 Å². The zero-order chi connectivity index (χ0) is 21.3. The lowest BCUT2D eigenvalue weighted by Gasteiger charge is -2.40. The molecule has 4 rings (SSSR count). The second-order valence-electron chi connectivity index (χ2n) is 7.56. The largest absolute Gasteiger partial charge is 0.417 e. The van der Waals surface area contributed by atoms with Crippen molar-refractivity contribution < 1.29 is 13.2 Å². The van der Waals surface area contributed by atoms with Crippen molar-refractivity contribution in [3.8, 4) is 11.3 Å². The lowest BCUT2D eigenvalue weighted by Crippen LogP contribution is -2.51. The third-order valence-electron chi connectivity index (χ3n) is 5.38. The van der Waals surface area contributed by atoms with Gasteiger partial charge in [-0.1, -0.05) is 12.1 Å². The number of nitrogens with one attached hydrogen (secondary N) is 1. The van der Waals surface area contributed by atoms with Crippen LogP contribution in [0.25, 0.3) is 11.3 Å². The lowest BCUT2D eigenvalue weighted by atomic mass is 10.1. The maximum Gasteiger partial charge on any atom is 0.417 e. The number of aromatic amines is 1. The van der Waals surface area contributed by atoms with Crippen LogP contribution in [-0.4, -0.2) is 45.8 Å². The van der Waals surface area contributed by atoms with Gasteiger partial charge in [-0.05, 0) is 31.2 Å². The first-order chi connectivity index (χ1) is 14.3. The first-order valence-electron chi connectivity index (χ1n) is 9.72. The van der Waals surface area contributed by atoms with E-state index < -0.39 is 11.7 Å². The second-order valence-corrected chi connectivity index (χ2v) is 7.56. The highest BCUT2D eigenvalue weighted by Gasteiger charge is 2.31. The lowest BCUT2D eigenvalue weighted by molar-refractivity contribution is -0.137. The van der Waals surface area contributed by atoms with E-state index in [9.17, 15) is 13.2 Å². The molecule has 158 valence electrons. The van der Waals surface area contributed by atoms with Gasteiger partial charge in [-0.15, -0.1) is 0 Å². The highest BCUT2D eigenvalue weighted by atomic mass is 19.4. The first-order valence-corrected chi connectivity index (χ1v) is 9.72. The van der Waals surface area contributed by atoms with Crippen molar-refractivity contribution in [2.75, 3.05) is 30.3 Å². The summed E-state index contributed by atoms with van der Waals surface area (Å²) in [6.07, 6.45) is -1.57. The van der Waals surface area contributed by atoms with Crippen molar-refractivity contribution >= 4 is 11.5 Å². The van der Waals surface area contributed by atoms with Gasteiger partial charge in [-0.25, -0.2) is 4.98 Å². The van der Waals surface area contributed by atoms with Crippen molar-refractivity contribution in [2.45, 2.75) is 25.7 Å². The molecule has 30 heavy (non-hydrogen) atoms. The SMILES string of the molecule is C[C@H]1CN(Cc2c[nH]nc2-c2ccc(N)cc2)CCN1c1ccc(C(F)(F)F)cn1. The van der Waals surface area contributed by atoms with Crippen molar-refractivity contribution in [3.63, 3.8) is 0 Å². The van der Waals surface area contributed by atoms with Gasteiger partial charge in [0.2, 0.25) is 0 Å². The monoisotopic (exact) mass is 416 g/mol. The van der Waals surface area contributed by atoms with E-state index in [1.54, 1.807) is 0 Å². The maximum absolute atomic E-state index is 12.8. The fraction of sp³-hybridized carbons (Fsp3) is 0.333. The maximum atomic E-state index is 12.8. The van der Waals surface area contributed by atoms with Gasteiger partial charge in [-0.2, -0.15) is 18.3 Å². The topological polar surface area (TPSA) is 74.1 Å². The van der Waals surface area contributed by atoms with E-state index in [1.807, 2.05) is 35.4 Å². The summed E-state index contributed by atoms with van der Waals surface area (Å²) in [7, 11) is 0. The van der Waals surface area contributed by atoms with Crippen LogP contribution in [0.5, 0.6) is 0 Å². The summed E-state index contributed by atoms with van der Waals surface area (Å²) in [4.78, 5) is 8.41. The van der Waals surface area contributed by atoms with E-state index >= 15 is 0 Å². The third kappa shape index (κ3) is 4.25. The molecule has 3 heterocycles. The molecule has 1 atom stereocenters. The molecule has 1 aliphatic heterocycles. The van der Waals surface area contributed by atoms with E-state index in [0.29, 0.717) is 18.1 Å². The number of pyridine rings is 1. The fourth-order valence-corrected chi connectivity index (χ4v) is 3.81. The first kappa shape index (κ1) is 20.2. The van der Waals surface area contributed by atoms with Crippen molar-refractivity contribution in [1.82, 2.24) is 20.1 Å². The number of nitrogen functional groups attached to an aromatic ring is 1. The number of benzene rings is 1. The molecule has 6 nitrogen and oxygen atoms in total. The number of rotatable bonds is 4. The molecule has 0 aliphatic carbocycles. The molecular weight excluding hydrogens is 393 g/mol. The number of hydrogen-bond acceptors (Lipinski definition) is 5. The standard InChI is InChI=1S/C21H23F3N6/c1-14-12-29(8-9-30(14)19-7-4-17(11-26-19)21(22,23)24)13-16-10-27-28-20(16)15-2-5-18(25)6-3-15/h2-7,10-11,14H,8-9,12-13,25H2,1H3,(H,27,28)/t14-/m0/s1. The summed E-state index contributed by atoms with van der Waals surface area (Å²) in [5.74, 6) is 0.570. The van der Waals surface area contributed by atoms with Crippen LogP contribution in [-0.2, 0) is 12.7 Å². The molecule has 3 N–H and O–H groups in total. The fourth-order valence-electron chi connectivity index (χ4n) is 3.81. The molecular formula is C21H23F3N6. The zero-order valence-electron chi connectivity index (χ0n) is 16.5. The molecule has 0 saturated carbocycles. The molecule has 0 amide bonds. The Morgan fingerprint density at radius 1 is 1.13 bits per heavy atom. The highest BCUT2D eigenvalue weighted by Crippen LogP contribution is 2.30. The third-order valence-corrected chi connectivity index (χ3v) is 5.38. The molecule has 2 aromatic heterocycles. The molecule has 1 saturated heterocycles. The van der Waals surface area contributed by atoms with E-state index in [-0.39, 0.29) is 6.04 Å². The van der Waals surface area contributed by atoms with E-state index in [0.717, 1.165) is 48.7 Å². The van der Waals surface area contributed by atoms with Crippen LogP contribution in [0.2, 0.25) is 0 Å². The van der Waals surface area contributed by atoms with Gasteiger partial charge in [0.15, 0.2) is 0 Å². The minimum atomic E-state index is -4.37. The van der Waals surface area contributed by atoms with Gasteiger partial charge >= 0.3 is 6.18 Å². The number of halogens is 3. The normalized spacial score (nSPS) is 18.0. The molecule has 9 heteroatoms. The molecule has 1 aromatic carbocycles. The summed E-state index contributed by atoms with van der Waals surface area (Å²) in [5.41, 5.74) is 8.74. The number of alkyl halides is 3.